The molecule has 1 amide bonds. The lowest BCUT2D eigenvalue weighted by Gasteiger charge is -2.26. The topological polar surface area (TPSA) is 81.1 Å². The van der Waals surface area contributed by atoms with E-state index in [2.05, 4.69) is 4.90 Å². The van der Waals surface area contributed by atoms with E-state index in [1.165, 1.54) is 41.3 Å². The molecule has 6 nitrogen and oxygen atoms in total. The second-order valence-corrected chi connectivity index (χ2v) is 8.48. The molecule has 1 atom stereocenters. The second kappa shape index (κ2) is 8.67. The highest BCUT2D eigenvalue weighted by Crippen LogP contribution is 2.42. The maximum Gasteiger partial charge on any atom is 0.300 e. The average Bonchev–Trinajstić information content (AvgIpc) is 3.47. The molecule has 34 heavy (non-hydrogen) atoms. The zero-order valence-electron chi connectivity index (χ0n) is 18.3. The third kappa shape index (κ3) is 3.79. The summed E-state index contributed by atoms with van der Waals surface area (Å²) in [7, 11) is 0. The summed E-state index contributed by atoms with van der Waals surface area (Å²) in [5.74, 6) is -2.42. The number of amides is 1. The highest BCUT2D eigenvalue weighted by molar-refractivity contribution is 6.51. The lowest BCUT2D eigenvalue weighted by Crippen LogP contribution is -2.29. The van der Waals surface area contributed by atoms with E-state index in [0.29, 0.717) is 11.3 Å². The number of aromatic hydroxyl groups is 1. The summed E-state index contributed by atoms with van der Waals surface area (Å²) in [6.45, 7) is 1.96. The summed E-state index contributed by atoms with van der Waals surface area (Å²) in [6.07, 6.45) is 2.28. The van der Waals surface area contributed by atoms with Crippen LogP contribution in [0.25, 0.3) is 5.76 Å². The Morgan fingerprint density at radius 3 is 2.03 bits per heavy atom. The monoisotopic (exact) mass is 458 g/mol. The molecule has 2 aliphatic rings. The van der Waals surface area contributed by atoms with E-state index < -0.39 is 23.5 Å². The minimum atomic E-state index is -0.914. The van der Waals surface area contributed by atoms with Gasteiger partial charge in [0.15, 0.2) is 0 Å². The van der Waals surface area contributed by atoms with Crippen LogP contribution in [0.15, 0.2) is 78.4 Å². The minimum Gasteiger partial charge on any atom is -0.508 e. The van der Waals surface area contributed by atoms with Crippen LogP contribution in [0.4, 0.5) is 15.8 Å². The number of hydrogen-bond donors (Lipinski definition) is 2. The molecule has 0 bridgehead atoms. The molecule has 5 rings (SSSR count). The average molecular weight is 458 g/mol. The van der Waals surface area contributed by atoms with Crippen LogP contribution >= 0.6 is 0 Å². The van der Waals surface area contributed by atoms with Crippen LogP contribution in [-0.4, -0.2) is 35.0 Å². The van der Waals surface area contributed by atoms with Gasteiger partial charge in [0.2, 0.25) is 0 Å². The van der Waals surface area contributed by atoms with Crippen molar-refractivity contribution < 1.29 is 24.2 Å². The molecule has 2 N–H and O–H groups in total. The molecule has 0 saturated carbocycles. The Hall–Kier alpha value is -4.13. The zero-order chi connectivity index (χ0) is 23.8. The van der Waals surface area contributed by atoms with Crippen molar-refractivity contribution in [3.8, 4) is 5.75 Å². The Kier molecular flexibility index (Phi) is 5.53. The van der Waals surface area contributed by atoms with Gasteiger partial charge in [0.05, 0.1) is 11.6 Å². The quantitative estimate of drug-likeness (QED) is 0.335. The largest absolute Gasteiger partial charge is 0.508 e. The minimum absolute atomic E-state index is 0.0363. The SMILES string of the molecule is O=C1C(=O)N(c2ccc(N3CCCC3)cc2)C(c2ccc(O)cc2)/C1=C(\O)c1ccc(F)cc1. The van der Waals surface area contributed by atoms with Gasteiger partial charge in [-0.05, 0) is 79.1 Å². The third-order valence-corrected chi connectivity index (χ3v) is 6.37. The van der Waals surface area contributed by atoms with Gasteiger partial charge in [0.1, 0.15) is 17.3 Å². The molecule has 3 aromatic rings. The number of aliphatic hydroxyl groups is 1. The van der Waals surface area contributed by atoms with E-state index in [1.54, 1.807) is 24.3 Å². The molecule has 2 aliphatic heterocycles. The van der Waals surface area contributed by atoms with Gasteiger partial charge in [0, 0.05) is 30.0 Å². The van der Waals surface area contributed by atoms with Crippen molar-refractivity contribution in [2.75, 3.05) is 22.9 Å². The summed E-state index contributed by atoms with van der Waals surface area (Å²) < 4.78 is 13.4. The smallest absolute Gasteiger partial charge is 0.300 e. The first-order valence-corrected chi connectivity index (χ1v) is 11.1. The van der Waals surface area contributed by atoms with Gasteiger partial charge < -0.3 is 15.1 Å². The first-order valence-electron chi connectivity index (χ1n) is 11.1. The number of phenolic OH excluding ortho intramolecular Hbond substituents is 1. The Balaban J connectivity index is 1.62. The molecule has 2 heterocycles. The van der Waals surface area contributed by atoms with E-state index in [1.807, 2.05) is 12.1 Å². The fourth-order valence-electron chi connectivity index (χ4n) is 4.63. The van der Waals surface area contributed by atoms with Crippen LogP contribution in [0.3, 0.4) is 0 Å². The lowest BCUT2D eigenvalue weighted by molar-refractivity contribution is -0.132. The number of anilines is 2. The molecule has 1 unspecified atom stereocenters. The van der Waals surface area contributed by atoms with Crippen molar-refractivity contribution in [1.82, 2.24) is 0 Å². The summed E-state index contributed by atoms with van der Waals surface area (Å²) in [5, 5.41) is 20.8. The van der Waals surface area contributed by atoms with E-state index in [-0.39, 0.29) is 22.6 Å². The van der Waals surface area contributed by atoms with Gasteiger partial charge >= 0.3 is 0 Å². The number of carbonyl (C=O) groups excluding carboxylic acids is 2. The molecular formula is C27H23FN2O4. The molecule has 0 aromatic heterocycles. The fourth-order valence-corrected chi connectivity index (χ4v) is 4.63. The van der Waals surface area contributed by atoms with E-state index in [9.17, 15) is 24.2 Å². The van der Waals surface area contributed by atoms with Crippen molar-refractivity contribution in [2.24, 2.45) is 0 Å². The summed E-state index contributed by atoms with van der Waals surface area (Å²) >= 11 is 0. The normalized spacial score (nSPS) is 19.7. The highest BCUT2D eigenvalue weighted by Gasteiger charge is 2.47. The van der Waals surface area contributed by atoms with Crippen molar-refractivity contribution in [2.45, 2.75) is 18.9 Å². The highest BCUT2D eigenvalue weighted by atomic mass is 19.1. The van der Waals surface area contributed by atoms with E-state index >= 15 is 0 Å². The molecule has 3 aromatic carbocycles. The summed E-state index contributed by atoms with van der Waals surface area (Å²) in [6, 6.07) is 17.7. The van der Waals surface area contributed by atoms with Crippen molar-refractivity contribution in [3.63, 3.8) is 0 Å². The van der Waals surface area contributed by atoms with Crippen LogP contribution in [-0.2, 0) is 9.59 Å². The number of ketones is 1. The first-order chi connectivity index (χ1) is 16.4. The maximum absolute atomic E-state index is 13.4. The van der Waals surface area contributed by atoms with Crippen LogP contribution in [0, 0.1) is 5.82 Å². The van der Waals surface area contributed by atoms with Crippen LogP contribution in [0.5, 0.6) is 5.75 Å². The van der Waals surface area contributed by atoms with Gasteiger partial charge in [-0.3, -0.25) is 14.5 Å². The molecule has 7 heteroatoms. The summed E-state index contributed by atoms with van der Waals surface area (Å²) in [5.41, 5.74) is 2.24. The van der Waals surface area contributed by atoms with Gasteiger partial charge in [-0.25, -0.2) is 4.39 Å². The van der Waals surface area contributed by atoms with Crippen LogP contribution in [0.1, 0.15) is 30.0 Å². The third-order valence-electron chi connectivity index (χ3n) is 6.37. The number of halogens is 1. The van der Waals surface area contributed by atoms with Gasteiger partial charge in [0.25, 0.3) is 11.7 Å². The van der Waals surface area contributed by atoms with Crippen molar-refractivity contribution in [1.29, 1.82) is 0 Å². The predicted octanol–water partition coefficient (Wildman–Crippen LogP) is 4.76. The van der Waals surface area contributed by atoms with Gasteiger partial charge in [-0.2, -0.15) is 0 Å². The number of Topliss-reactive ketones (excluding diaryl/α,β-unsaturated/α-hetero) is 1. The van der Waals surface area contributed by atoms with Crippen molar-refractivity contribution in [3.05, 3.63) is 95.3 Å². The fraction of sp³-hybridized carbons (Fsp3) is 0.185. The Labute approximate surface area is 196 Å². The first kappa shape index (κ1) is 21.7. The molecular weight excluding hydrogens is 435 g/mol. The Bertz CT molecular complexity index is 1260. The molecule has 2 saturated heterocycles. The molecule has 0 aliphatic carbocycles. The lowest BCUT2D eigenvalue weighted by atomic mass is 9.95. The summed E-state index contributed by atoms with van der Waals surface area (Å²) in [4.78, 5) is 30.0. The van der Waals surface area contributed by atoms with Gasteiger partial charge in [-0.1, -0.05) is 12.1 Å². The van der Waals surface area contributed by atoms with E-state index in [4.69, 9.17) is 0 Å². The van der Waals surface area contributed by atoms with Crippen LogP contribution < -0.4 is 9.80 Å². The standard InChI is InChI=1S/C27H23FN2O4/c28-19-7-3-18(4-8-19)25(32)23-24(17-5-13-22(31)14-6-17)30(27(34)26(23)33)21-11-9-20(10-12-21)29-15-1-2-16-29/h3-14,24,31-32H,1-2,15-16H2/b25-23+. The van der Waals surface area contributed by atoms with Crippen LogP contribution in [0.2, 0.25) is 0 Å². The number of carbonyl (C=O) groups is 2. The maximum atomic E-state index is 13.4. The zero-order valence-corrected chi connectivity index (χ0v) is 18.3. The number of nitrogens with zero attached hydrogens (tertiary/aromatic N) is 2. The molecule has 2 fully saturated rings. The molecule has 0 spiro atoms. The Morgan fingerprint density at radius 2 is 1.41 bits per heavy atom. The number of aliphatic hydroxyl groups excluding tert-OH is 1. The molecule has 172 valence electrons. The predicted molar refractivity (Wildman–Crippen MR) is 127 cm³/mol. The number of rotatable bonds is 4. The van der Waals surface area contributed by atoms with Crippen molar-refractivity contribution >= 4 is 28.8 Å². The molecule has 0 radical (unpaired) electrons. The number of phenols is 1. The number of benzene rings is 3. The van der Waals surface area contributed by atoms with Gasteiger partial charge in [-0.15, -0.1) is 0 Å². The number of hydrogen-bond acceptors (Lipinski definition) is 5. The van der Waals surface area contributed by atoms with E-state index in [0.717, 1.165) is 31.6 Å². The Morgan fingerprint density at radius 1 is 0.824 bits per heavy atom. The second-order valence-electron chi connectivity index (χ2n) is 8.48.